The van der Waals surface area contributed by atoms with Gasteiger partial charge in [0.2, 0.25) is 0 Å². The summed E-state index contributed by atoms with van der Waals surface area (Å²) in [4.78, 5) is 58.2. The van der Waals surface area contributed by atoms with Crippen LogP contribution in [0.2, 0.25) is 0 Å². The van der Waals surface area contributed by atoms with Crippen LogP contribution in [0.15, 0.2) is 29.0 Å². The van der Waals surface area contributed by atoms with Crippen molar-refractivity contribution < 1.29 is 57.8 Å². The predicted octanol–water partition coefficient (Wildman–Crippen LogP) is -2.93. The molecule has 1 aromatic rings. The Hall–Kier alpha value is -1.55. The van der Waals surface area contributed by atoms with Crippen LogP contribution in [0.1, 0.15) is 6.23 Å². The quantitative estimate of drug-likeness (QED) is 0.203. The van der Waals surface area contributed by atoms with Gasteiger partial charge in [-0.05, 0) is 6.07 Å². The average molecular weight is 453 g/mol. The molecule has 0 amide bonds. The molecule has 2 rings (SSSR count). The minimum absolute atomic E-state index is 0.0271. The normalized spacial score (nSPS) is 23.5. The van der Waals surface area contributed by atoms with Crippen molar-refractivity contribution in [2.45, 2.75) is 18.4 Å². The largest absolute Gasteiger partial charge is 0.466 e. The Morgan fingerprint density at radius 3 is 2.04 bits per heavy atom. The van der Waals surface area contributed by atoms with Gasteiger partial charge in [-0.1, -0.05) is 0 Å². The number of aliphatic hydroxyl groups is 2. The summed E-state index contributed by atoms with van der Waals surface area (Å²) >= 11 is 0. The van der Waals surface area contributed by atoms with Crippen LogP contribution < -0.4 is 11.4 Å². The molecule has 1 saturated heterocycles. The first-order valence-corrected chi connectivity index (χ1v) is 9.87. The van der Waals surface area contributed by atoms with Crippen LogP contribution in [0.3, 0.4) is 0 Å². The van der Waals surface area contributed by atoms with Crippen molar-refractivity contribution in [2.24, 2.45) is 0 Å². The number of ether oxygens (including phenoxy) is 1. The lowest BCUT2D eigenvalue weighted by Crippen LogP contribution is -2.28. The van der Waals surface area contributed by atoms with E-state index in [1.165, 1.54) is 12.3 Å². The fourth-order valence-corrected chi connectivity index (χ4v) is 1.77. The van der Waals surface area contributed by atoms with Gasteiger partial charge in [-0.25, -0.2) is 18.3 Å². The molecule has 0 saturated carbocycles. The van der Waals surface area contributed by atoms with Gasteiger partial charge in [0, 0.05) is 11.8 Å². The zero-order chi connectivity index (χ0) is 22.3. The monoisotopic (exact) mass is 453 g/mol. The van der Waals surface area contributed by atoms with Gasteiger partial charge in [-0.3, -0.25) is 4.57 Å². The number of aromatic nitrogens is 2. The summed E-state index contributed by atoms with van der Waals surface area (Å²) < 4.78 is 36.7. The molecule has 0 radical (unpaired) electrons. The highest BCUT2D eigenvalue weighted by atomic mass is 31.2. The van der Waals surface area contributed by atoms with Crippen molar-refractivity contribution in [2.75, 3.05) is 12.3 Å². The van der Waals surface area contributed by atoms with E-state index in [1.54, 1.807) is 0 Å². The number of anilines is 1. The summed E-state index contributed by atoms with van der Waals surface area (Å²) in [7, 11) is -9.28. The number of rotatable bonds is 2. The summed E-state index contributed by atoms with van der Waals surface area (Å²) in [6.45, 7) is -0.494. The van der Waals surface area contributed by atoms with E-state index in [4.69, 9.17) is 54.1 Å². The molecule has 28 heavy (non-hydrogen) atoms. The number of phosphoric acid groups is 2. The number of aliphatic hydroxyl groups excluding tert-OH is 2. The fourth-order valence-electron chi connectivity index (χ4n) is 1.77. The van der Waals surface area contributed by atoms with Gasteiger partial charge in [-0.15, -0.1) is 0 Å². The Morgan fingerprint density at radius 1 is 1.21 bits per heavy atom. The van der Waals surface area contributed by atoms with Crippen LogP contribution in [-0.2, 0) is 13.9 Å². The van der Waals surface area contributed by atoms with E-state index in [9.17, 15) is 14.3 Å². The molecule has 1 fully saturated rings. The van der Waals surface area contributed by atoms with Crippen molar-refractivity contribution in [1.29, 1.82) is 0 Å². The van der Waals surface area contributed by atoms with Crippen LogP contribution >= 0.6 is 15.6 Å². The summed E-state index contributed by atoms with van der Waals surface area (Å²) in [6.07, 6.45) is -1.99. The summed E-state index contributed by atoms with van der Waals surface area (Å²) in [5, 5.41) is 18.6. The molecule has 0 bridgehead atoms. The predicted molar refractivity (Wildman–Crippen MR) is 87.6 cm³/mol. The maximum Gasteiger partial charge on any atom is 0.466 e. The first kappa shape index (κ1) is 26.4. The second-order valence-corrected chi connectivity index (χ2v) is 6.89. The maximum absolute atomic E-state index is 12.8. The Morgan fingerprint density at radius 2 is 1.68 bits per heavy atom. The first-order chi connectivity index (χ1) is 12.6. The summed E-state index contributed by atoms with van der Waals surface area (Å²) in [6, 6.07) is 1.35. The molecule has 0 unspecified atom stereocenters. The van der Waals surface area contributed by atoms with Gasteiger partial charge in [0.15, 0.2) is 6.23 Å². The number of halogens is 1. The zero-order valence-electron chi connectivity index (χ0n) is 13.6. The fraction of sp³-hybridized carbons (Fsp3) is 0.400. The van der Waals surface area contributed by atoms with E-state index in [1.807, 2.05) is 0 Å². The van der Waals surface area contributed by atoms with Crippen molar-refractivity contribution in [3.8, 4) is 0 Å². The average Bonchev–Trinajstić information content (AvgIpc) is 2.79. The highest BCUT2D eigenvalue weighted by Crippen LogP contribution is 2.33. The number of hydrogen-bond acceptors (Lipinski definition) is 8. The van der Waals surface area contributed by atoms with Crippen molar-refractivity contribution in [1.82, 2.24) is 9.55 Å². The Kier molecular flexibility index (Phi) is 10.2. The van der Waals surface area contributed by atoms with E-state index in [-0.39, 0.29) is 17.7 Å². The molecule has 18 heteroatoms. The molecule has 15 nitrogen and oxygen atoms in total. The Labute approximate surface area is 155 Å². The van der Waals surface area contributed by atoms with Gasteiger partial charge in [0.25, 0.3) is 0 Å². The van der Waals surface area contributed by atoms with Crippen LogP contribution in [0.5, 0.6) is 0 Å². The molecular formula is C10H18FN3O12P2. The van der Waals surface area contributed by atoms with Gasteiger partial charge in [0.05, 0.1) is 12.9 Å². The lowest BCUT2D eigenvalue weighted by Gasteiger charge is -2.14. The van der Waals surface area contributed by atoms with Crippen LogP contribution in [0.25, 0.3) is 0 Å². The number of nitrogens with zero attached hydrogens (tertiary/aromatic N) is 2. The topological polar surface area (TPSA) is 266 Å². The molecular weight excluding hydrogens is 435 g/mol. The number of nitrogen functional groups attached to an aromatic ring is 1. The molecule has 0 spiro atoms. The van der Waals surface area contributed by atoms with Crippen molar-refractivity contribution in [3.05, 3.63) is 34.7 Å². The highest BCUT2D eigenvalue weighted by Gasteiger charge is 2.40. The summed E-state index contributed by atoms with van der Waals surface area (Å²) in [5.41, 5.74) is 4.45. The van der Waals surface area contributed by atoms with Crippen molar-refractivity contribution >= 4 is 21.5 Å². The molecule has 3 atom stereocenters. The van der Waals surface area contributed by atoms with Gasteiger partial charge in [0.1, 0.15) is 18.0 Å². The highest BCUT2D eigenvalue weighted by molar-refractivity contribution is 7.45. The van der Waals surface area contributed by atoms with Gasteiger partial charge >= 0.3 is 21.3 Å². The minimum Gasteiger partial charge on any atom is -0.394 e. The molecule has 0 aliphatic carbocycles. The van der Waals surface area contributed by atoms with Crippen LogP contribution in [-0.4, -0.2) is 67.9 Å². The standard InChI is InChI=1S/C10H12FN3O4.2H3O4P/c11-3-5-8(16)6(4-15)18-9(5)14-2-1-7(12)13-10(14)17;2*1-5(2,3)4/h1-3,6,8-9,15-16H,4H2,(H2,12,13,17);2*(H3,1,2,3,4)/t6-,8+,9-;;/m1../s1. The third-order valence-corrected chi connectivity index (χ3v) is 2.69. The van der Waals surface area contributed by atoms with E-state index in [0.29, 0.717) is 0 Å². The third-order valence-electron chi connectivity index (χ3n) is 2.69. The molecule has 1 aromatic heterocycles. The summed E-state index contributed by atoms with van der Waals surface area (Å²) in [5.74, 6) is 0.0271. The molecule has 0 aromatic carbocycles. The third kappa shape index (κ3) is 10.7. The smallest absolute Gasteiger partial charge is 0.394 e. The molecule has 162 valence electrons. The zero-order valence-corrected chi connectivity index (χ0v) is 15.4. The van der Waals surface area contributed by atoms with Crippen LogP contribution in [0.4, 0.5) is 10.2 Å². The molecule has 2 heterocycles. The first-order valence-electron chi connectivity index (χ1n) is 6.74. The van der Waals surface area contributed by atoms with E-state index in [2.05, 4.69) is 4.98 Å². The van der Waals surface area contributed by atoms with Gasteiger partial charge < -0.3 is 50.0 Å². The Balaban J connectivity index is 0.000000607. The minimum atomic E-state index is -4.64. The van der Waals surface area contributed by atoms with Crippen molar-refractivity contribution in [3.63, 3.8) is 0 Å². The van der Waals surface area contributed by atoms with E-state index < -0.39 is 46.4 Å². The lowest BCUT2D eigenvalue weighted by atomic mass is 10.1. The molecule has 1 aliphatic heterocycles. The van der Waals surface area contributed by atoms with Gasteiger partial charge in [-0.2, -0.15) is 4.98 Å². The lowest BCUT2D eigenvalue weighted by molar-refractivity contribution is -0.0447. The second kappa shape index (κ2) is 10.8. The van der Waals surface area contributed by atoms with E-state index in [0.717, 1.165) is 4.57 Å². The second-order valence-electron chi connectivity index (χ2n) is 4.83. The maximum atomic E-state index is 12.8. The molecule has 1 aliphatic rings. The molecule has 10 N–H and O–H groups in total. The SMILES string of the molecule is Nc1ccn([C@@H]2O[C@H](CO)[C@@H](O)C2=CF)c(=O)n1.O=P(O)(O)O.O=P(O)(O)O. The van der Waals surface area contributed by atoms with E-state index >= 15 is 0 Å². The Bertz CT molecular complexity index is 784. The number of hydrogen-bond donors (Lipinski definition) is 9. The number of nitrogens with two attached hydrogens (primary N) is 1. The van der Waals surface area contributed by atoms with Crippen LogP contribution in [0, 0.1) is 0 Å².